The highest BCUT2D eigenvalue weighted by molar-refractivity contribution is 6.07. The summed E-state index contributed by atoms with van der Waals surface area (Å²) in [5.41, 5.74) is 1.79. The van der Waals surface area contributed by atoms with Crippen molar-refractivity contribution in [2.75, 3.05) is 7.11 Å². The topological polar surface area (TPSA) is 52.6 Å². The fourth-order valence-corrected chi connectivity index (χ4v) is 2.49. The Bertz CT molecular complexity index is 957. The number of methoxy groups -OCH3 is 1. The van der Waals surface area contributed by atoms with Gasteiger partial charge in [0.1, 0.15) is 11.5 Å². The number of para-hydroxylation sites is 1. The second-order valence-electron chi connectivity index (χ2n) is 5.72. The van der Waals surface area contributed by atoms with Crippen LogP contribution < -0.4 is 9.47 Å². The molecule has 0 aromatic heterocycles. The van der Waals surface area contributed by atoms with Crippen molar-refractivity contribution >= 4 is 17.8 Å². The monoisotopic (exact) mass is 358 g/mol. The minimum absolute atomic E-state index is 0.151. The quantitative estimate of drug-likeness (QED) is 0.275. The number of rotatable bonds is 6. The lowest BCUT2D eigenvalue weighted by molar-refractivity contribution is 0.0734. The molecule has 4 nitrogen and oxygen atoms in total. The van der Waals surface area contributed by atoms with Crippen LogP contribution >= 0.6 is 0 Å². The number of ketones is 1. The minimum atomic E-state index is -0.439. The number of hydrogen-bond donors (Lipinski definition) is 0. The summed E-state index contributed by atoms with van der Waals surface area (Å²) in [6, 6.07) is 22.6. The van der Waals surface area contributed by atoms with Crippen LogP contribution in [0.1, 0.15) is 26.3 Å². The normalized spacial score (nSPS) is 10.6. The molecule has 3 aromatic rings. The summed E-state index contributed by atoms with van der Waals surface area (Å²) < 4.78 is 10.6. The summed E-state index contributed by atoms with van der Waals surface area (Å²) in [4.78, 5) is 24.4. The van der Waals surface area contributed by atoms with Crippen LogP contribution in [0.5, 0.6) is 11.5 Å². The van der Waals surface area contributed by atoms with Gasteiger partial charge in [0.25, 0.3) is 0 Å². The molecule has 0 saturated carbocycles. The molecule has 134 valence electrons. The smallest absolute Gasteiger partial charge is 0.343 e. The number of carbonyl (C=O) groups excluding carboxylic acids is 2. The molecule has 27 heavy (non-hydrogen) atoms. The number of benzene rings is 3. The molecule has 0 N–H and O–H groups in total. The van der Waals surface area contributed by atoms with Gasteiger partial charge in [0, 0.05) is 11.1 Å². The van der Waals surface area contributed by atoms with E-state index in [4.69, 9.17) is 9.47 Å². The molecular weight excluding hydrogens is 340 g/mol. The molecule has 0 aliphatic rings. The van der Waals surface area contributed by atoms with E-state index in [1.807, 2.05) is 30.3 Å². The van der Waals surface area contributed by atoms with Crippen molar-refractivity contribution in [3.8, 4) is 11.5 Å². The van der Waals surface area contributed by atoms with Crippen LogP contribution in [0, 0.1) is 0 Å². The molecule has 0 bridgehead atoms. The maximum absolute atomic E-state index is 12.3. The van der Waals surface area contributed by atoms with Crippen molar-refractivity contribution < 1.29 is 19.1 Å². The molecular formula is C23H18O4. The zero-order chi connectivity index (χ0) is 19.1. The molecule has 0 amide bonds. The molecule has 4 heteroatoms. The van der Waals surface area contributed by atoms with Gasteiger partial charge in [0.2, 0.25) is 0 Å². The van der Waals surface area contributed by atoms with Crippen molar-refractivity contribution in [2.45, 2.75) is 0 Å². The van der Waals surface area contributed by atoms with Crippen molar-refractivity contribution in [2.24, 2.45) is 0 Å². The van der Waals surface area contributed by atoms with Crippen LogP contribution in [0.3, 0.4) is 0 Å². The Morgan fingerprint density at radius 1 is 0.778 bits per heavy atom. The van der Waals surface area contributed by atoms with Gasteiger partial charge in [-0.25, -0.2) is 4.79 Å². The Kier molecular flexibility index (Phi) is 5.80. The van der Waals surface area contributed by atoms with Gasteiger partial charge in [-0.3, -0.25) is 4.79 Å². The number of esters is 1. The SMILES string of the molecule is COc1ccccc1/C=C/C(=O)c1ccc(OC(=O)c2ccccc2)cc1. The van der Waals surface area contributed by atoms with Crippen LogP contribution in [0.2, 0.25) is 0 Å². The maximum Gasteiger partial charge on any atom is 0.343 e. The molecule has 0 spiro atoms. The zero-order valence-electron chi connectivity index (χ0n) is 14.8. The zero-order valence-corrected chi connectivity index (χ0v) is 14.8. The third kappa shape index (κ3) is 4.70. The molecule has 3 aromatic carbocycles. The Labute approximate surface area is 157 Å². The Morgan fingerprint density at radius 2 is 1.44 bits per heavy atom. The van der Waals surface area contributed by atoms with E-state index in [2.05, 4.69) is 0 Å². The largest absolute Gasteiger partial charge is 0.496 e. The highest BCUT2D eigenvalue weighted by atomic mass is 16.5. The Morgan fingerprint density at radius 3 is 2.15 bits per heavy atom. The second kappa shape index (κ2) is 8.63. The van der Waals surface area contributed by atoms with Crippen molar-refractivity contribution in [1.82, 2.24) is 0 Å². The molecule has 0 aliphatic carbocycles. The van der Waals surface area contributed by atoms with Crippen molar-refractivity contribution in [3.05, 3.63) is 102 Å². The Hall–Kier alpha value is -3.66. The van der Waals surface area contributed by atoms with Gasteiger partial charge >= 0.3 is 5.97 Å². The van der Waals surface area contributed by atoms with E-state index < -0.39 is 5.97 Å². The molecule has 0 atom stereocenters. The number of ether oxygens (including phenoxy) is 2. The van der Waals surface area contributed by atoms with E-state index in [0.29, 0.717) is 22.6 Å². The number of allylic oxidation sites excluding steroid dienone is 1. The second-order valence-corrected chi connectivity index (χ2v) is 5.72. The molecule has 0 aliphatic heterocycles. The summed E-state index contributed by atoms with van der Waals surface area (Å²) in [5, 5.41) is 0. The van der Waals surface area contributed by atoms with Gasteiger partial charge in [-0.05, 0) is 54.6 Å². The van der Waals surface area contributed by atoms with Gasteiger partial charge in [0.15, 0.2) is 5.78 Å². The van der Waals surface area contributed by atoms with E-state index in [-0.39, 0.29) is 5.78 Å². The fourth-order valence-electron chi connectivity index (χ4n) is 2.49. The highest BCUT2D eigenvalue weighted by Crippen LogP contribution is 2.20. The minimum Gasteiger partial charge on any atom is -0.496 e. The van der Waals surface area contributed by atoms with Crippen LogP contribution in [0.15, 0.2) is 84.9 Å². The average Bonchev–Trinajstić information content (AvgIpc) is 2.73. The molecule has 0 saturated heterocycles. The lowest BCUT2D eigenvalue weighted by Gasteiger charge is -2.05. The molecule has 0 radical (unpaired) electrons. The first kappa shape index (κ1) is 18.1. The average molecular weight is 358 g/mol. The van der Waals surface area contributed by atoms with E-state index in [0.717, 1.165) is 5.56 Å². The standard InChI is InChI=1S/C23H18O4/c1-26-22-10-6-5-7-18(22)13-16-21(24)17-11-14-20(15-12-17)27-23(25)19-8-3-2-4-9-19/h2-16H,1H3/b16-13+. The van der Waals surface area contributed by atoms with Gasteiger partial charge in [-0.15, -0.1) is 0 Å². The van der Waals surface area contributed by atoms with Crippen LogP contribution in [0.4, 0.5) is 0 Å². The van der Waals surface area contributed by atoms with Crippen molar-refractivity contribution in [1.29, 1.82) is 0 Å². The van der Waals surface area contributed by atoms with Crippen LogP contribution in [0.25, 0.3) is 6.08 Å². The van der Waals surface area contributed by atoms with Crippen LogP contribution in [-0.4, -0.2) is 18.9 Å². The fraction of sp³-hybridized carbons (Fsp3) is 0.0435. The third-order valence-electron chi connectivity index (χ3n) is 3.91. The Balaban J connectivity index is 1.67. The lowest BCUT2D eigenvalue weighted by Crippen LogP contribution is -2.08. The van der Waals surface area contributed by atoms with E-state index >= 15 is 0 Å². The van der Waals surface area contributed by atoms with E-state index in [9.17, 15) is 9.59 Å². The predicted molar refractivity (Wildman–Crippen MR) is 104 cm³/mol. The molecule has 3 rings (SSSR count). The first-order valence-corrected chi connectivity index (χ1v) is 8.40. The van der Waals surface area contributed by atoms with Gasteiger partial charge < -0.3 is 9.47 Å². The first-order valence-electron chi connectivity index (χ1n) is 8.40. The molecule has 0 fully saturated rings. The molecule has 0 unspecified atom stereocenters. The van der Waals surface area contributed by atoms with Crippen molar-refractivity contribution in [3.63, 3.8) is 0 Å². The number of hydrogen-bond acceptors (Lipinski definition) is 4. The van der Waals surface area contributed by atoms with Gasteiger partial charge in [-0.2, -0.15) is 0 Å². The van der Waals surface area contributed by atoms with Gasteiger partial charge in [0.05, 0.1) is 12.7 Å². The molecule has 0 heterocycles. The maximum atomic E-state index is 12.3. The van der Waals surface area contributed by atoms with E-state index in [1.165, 1.54) is 6.08 Å². The third-order valence-corrected chi connectivity index (χ3v) is 3.91. The van der Waals surface area contributed by atoms with Crippen LogP contribution in [-0.2, 0) is 0 Å². The predicted octanol–water partition coefficient (Wildman–Crippen LogP) is 4.81. The summed E-state index contributed by atoms with van der Waals surface area (Å²) in [6.07, 6.45) is 3.20. The summed E-state index contributed by atoms with van der Waals surface area (Å²) in [5.74, 6) is 0.492. The summed E-state index contributed by atoms with van der Waals surface area (Å²) in [7, 11) is 1.59. The lowest BCUT2D eigenvalue weighted by atomic mass is 10.1. The summed E-state index contributed by atoms with van der Waals surface area (Å²) >= 11 is 0. The summed E-state index contributed by atoms with van der Waals surface area (Å²) in [6.45, 7) is 0. The van der Waals surface area contributed by atoms with E-state index in [1.54, 1.807) is 61.7 Å². The highest BCUT2D eigenvalue weighted by Gasteiger charge is 2.09. The number of carbonyl (C=O) groups is 2. The van der Waals surface area contributed by atoms with Gasteiger partial charge in [-0.1, -0.05) is 36.4 Å². The first-order chi connectivity index (χ1) is 13.2.